The maximum atomic E-state index is 13.7. The van der Waals surface area contributed by atoms with Crippen LogP contribution in [0, 0.1) is 17.7 Å². The number of aryl methyl sites for hydroxylation is 1. The highest BCUT2D eigenvalue weighted by Crippen LogP contribution is 2.27. The summed E-state index contributed by atoms with van der Waals surface area (Å²) in [7, 11) is 0. The Hall–Kier alpha value is -2.62. The van der Waals surface area contributed by atoms with E-state index in [9.17, 15) is 13.2 Å². The predicted molar refractivity (Wildman–Crippen MR) is 89.0 cm³/mol. The highest BCUT2D eigenvalue weighted by Gasteiger charge is 2.13. The van der Waals surface area contributed by atoms with Crippen LogP contribution in [-0.4, -0.2) is 4.98 Å². The SMILES string of the molecule is CCCc1ccc(-c2ccc(-c3cc(F)c(F)nc3F)cc2)cc1. The average molecular weight is 327 g/mol. The van der Waals surface area contributed by atoms with Gasteiger partial charge in [-0.1, -0.05) is 61.9 Å². The van der Waals surface area contributed by atoms with Gasteiger partial charge in [0, 0.05) is 5.56 Å². The molecule has 4 heteroatoms. The summed E-state index contributed by atoms with van der Waals surface area (Å²) >= 11 is 0. The number of pyridine rings is 1. The third kappa shape index (κ3) is 3.32. The van der Waals surface area contributed by atoms with Crippen LogP contribution in [0.5, 0.6) is 0 Å². The summed E-state index contributed by atoms with van der Waals surface area (Å²) in [5.41, 5.74) is 3.69. The lowest BCUT2D eigenvalue weighted by Crippen LogP contribution is -1.96. The minimum Gasteiger partial charge on any atom is -0.202 e. The van der Waals surface area contributed by atoms with E-state index >= 15 is 0 Å². The number of nitrogens with zero attached hydrogens (tertiary/aromatic N) is 1. The molecule has 0 bridgehead atoms. The molecule has 0 unspecified atom stereocenters. The van der Waals surface area contributed by atoms with E-state index < -0.39 is 17.7 Å². The Morgan fingerprint density at radius 2 is 1.29 bits per heavy atom. The molecule has 0 aliphatic carbocycles. The van der Waals surface area contributed by atoms with E-state index in [0.717, 1.165) is 30.0 Å². The summed E-state index contributed by atoms with van der Waals surface area (Å²) in [6.45, 7) is 2.14. The van der Waals surface area contributed by atoms with Gasteiger partial charge in [-0.05, 0) is 34.7 Å². The molecule has 1 aromatic heterocycles. The Bertz CT molecular complexity index is 840. The van der Waals surface area contributed by atoms with Gasteiger partial charge in [-0.15, -0.1) is 0 Å². The van der Waals surface area contributed by atoms with Gasteiger partial charge in [0.1, 0.15) is 0 Å². The van der Waals surface area contributed by atoms with Gasteiger partial charge in [0.15, 0.2) is 5.82 Å². The molecule has 0 aliphatic rings. The van der Waals surface area contributed by atoms with Crippen molar-refractivity contribution in [1.29, 1.82) is 0 Å². The third-order valence-corrected chi connectivity index (χ3v) is 3.91. The van der Waals surface area contributed by atoms with E-state index in [-0.39, 0.29) is 5.56 Å². The molecule has 0 N–H and O–H groups in total. The Labute approximate surface area is 138 Å². The molecule has 2 aromatic carbocycles. The molecule has 3 aromatic rings. The van der Waals surface area contributed by atoms with Gasteiger partial charge >= 0.3 is 0 Å². The van der Waals surface area contributed by atoms with E-state index in [2.05, 4.69) is 24.0 Å². The van der Waals surface area contributed by atoms with Crippen molar-refractivity contribution in [2.24, 2.45) is 0 Å². The number of aromatic nitrogens is 1. The van der Waals surface area contributed by atoms with Crippen LogP contribution in [-0.2, 0) is 6.42 Å². The van der Waals surface area contributed by atoms with Crippen LogP contribution in [0.1, 0.15) is 18.9 Å². The number of rotatable bonds is 4. The highest BCUT2D eigenvalue weighted by molar-refractivity contribution is 5.70. The summed E-state index contributed by atoms with van der Waals surface area (Å²) in [4.78, 5) is 2.95. The lowest BCUT2D eigenvalue weighted by molar-refractivity contribution is 0.449. The van der Waals surface area contributed by atoms with Crippen molar-refractivity contribution in [3.05, 3.63) is 77.9 Å². The van der Waals surface area contributed by atoms with Crippen LogP contribution in [0.2, 0.25) is 0 Å². The molecule has 0 saturated heterocycles. The quantitative estimate of drug-likeness (QED) is 0.553. The van der Waals surface area contributed by atoms with Crippen LogP contribution >= 0.6 is 0 Å². The summed E-state index contributed by atoms with van der Waals surface area (Å²) in [5, 5.41) is 0. The molecule has 0 radical (unpaired) electrons. The van der Waals surface area contributed by atoms with Crippen LogP contribution < -0.4 is 0 Å². The zero-order valence-electron chi connectivity index (χ0n) is 13.2. The standard InChI is InChI=1S/C20H16F3N/c1-2-3-13-4-6-14(7-5-13)15-8-10-16(11-9-15)17-12-18(21)20(23)24-19(17)22/h4-12H,2-3H2,1H3. The molecular weight excluding hydrogens is 311 g/mol. The van der Waals surface area contributed by atoms with E-state index in [1.165, 1.54) is 5.56 Å². The monoisotopic (exact) mass is 327 g/mol. The van der Waals surface area contributed by atoms with Crippen molar-refractivity contribution in [2.45, 2.75) is 19.8 Å². The maximum absolute atomic E-state index is 13.7. The van der Waals surface area contributed by atoms with Crippen LogP contribution in [0.3, 0.4) is 0 Å². The van der Waals surface area contributed by atoms with Gasteiger partial charge in [0.25, 0.3) is 5.95 Å². The molecule has 3 rings (SSSR count). The van der Waals surface area contributed by atoms with Gasteiger partial charge in [-0.2, -0.15) is 13.8 Å². The lowest BCUT2D eigenvalue weighted by atomic mass is 9.99. The van der Waals surface area contributed by atoms with Crippen LogP contribution in [0.15, 0.2) is 54.6 Å². The fourth-order valence-corrected chi connectivity index (χ4v) is 2.64. The van der Waals surface area contributed by atoms with E-state index in [4.69, 9.17) is 0 Å². The molecule has 0 atom stereocenters. The first-order valence-electron chi connectivity index (χ1n) is 7.79. The van der Waals surface area contributed by atoms with Crippen LogP contribution in [0.25, 0.3) is 22.3 Å². The minimum atomic E-state index is -1.43. The van der Waals surface area contributed by atoms with E-state index in [1.807, 2.05) is 24.3 Å². The summed E-state index contributed by atoms with van der Waals surface area (Å²) in [5.74, 6) is -3.62. The third-order valence-electron chi connectivity index (χ3n) is 3.91. The number of hydrogen-bond donors (Lipinski definition) is 0. The molecule has 0 fully saturated rings. The maximum Gasteiger partial charge on any atom is 0.251 e. The molecule has 1 nitrogen and oxygen atoms in total. The summed E-state index contributed by atoms with van der Waals surface area (Å²) in [6, 6.07) is 16.1. The number of halogens is 3. The zero-order valence-corrected chi connectivity index (χ0v) is 13.2. The second-order valence-corrected chi connectivity index (χ2v) is 5.62. The fraction of sp³-hybridized carbons (Fsp3) is 0.150. The fourth-order valence-electron chi connectivity index (χ4n) is 2.64. The molecular formula is C20H16F3N. The molecule has 0 saturated carbocycles. The van der Waals surface area contributed by atoms with Crippen molar-refractivity contribution >= 4 is 0 Å². The minimum absolute atomic E-state index is 0.0567. The molecule has 24 heavy (non-hydrogen) atoms. The second kappa shape index (κ2) is 6.87. The molecule has 0 amide bonds. The average Bonchev–Trinajstić information content (AvgIpc) is 2.59. The number of benzene rings is 2. The van der Waals surface area contributed by atoms with Gasteiger partial charge in [0.05, 0.1) is 0 Å². The smallest absolute Gasteiger partial charge is 0.202 e. The van der Waals surface area contributed by atoms with Crippen LogP contribution in [0.4, 0.5) is 13.2 Å². The highest BCUT2D eigenvalue weighted by atomic mass is 19.2. The first-order valence-corrected chi connectivity index (χ1v) is 7.79. The molecule has 1 heterocycles. The zero-order chi connectivity index (χ0) is 17.1. The molecule has 0 aliphatic heterocycles. The predicted octanol–water partition coefficient (Wildman–Crippen LogP) is 5.79. The van der Waals surface area contributed by atoms with E-state index in [1.54, 1.807) is 12.1 Å². The van der Waals surface area contributed by atoms with Gasteiger partial charge in [-0.25, -0.2) is 4.39 Å². The Morgan fingerprint density at radius 3 is 1.88 bits per heavy atom. The van der Waals surface area contributed by atoms with Gasteiger partial charge in [0.2, 0.25) is 5.95 Å². The lowest BCUT2D eigenvalue weighted by Gasteiger charge is -2.07. The molecule has 0 spiro atoms. The summed E-state index contributed by atoms with van der Waals surface area (Å²) < 4.78 is 39.9. The van der Waals surface area contributed by atoms with Crippen molar-refractivity contribution in [3.63, 3.8) is 0 Å². The van der Waals surface area contributed by atoms with Gasteiger partial charge in [-0.3, -0.25) is 0 Å². The summed E-state index contributed by atoms with van der Waals surface area (Å²) in [6.07, 6.45) is 2.14. The normalized spacial score (nSPS) is 10.8. The van der Waals surface area contributed by atoms with Crippen molar-refractivity contribution in [2.75, 3.05) is 0 Å². The van der Waals surface area contributed by atoms with Crippen molar-refractivity contribution < 1.29 is 13.2 Å². The van der Waals surface area contributed by atoms with Crippen molar-refractivity contribution in [1.82, 2.24) is 4.98 Å². The number of hydrogen-bond acceptors (Lipinski definition) is 1. The second-order valence-electron chi connectivity index (χ2n) is 5.62. The first-order chi connectivity index (χ1) is 11.6. The Balaban J connectivity index is 1.89. The van der Waals surface area contributed by atoms with Gasteiger partial charge < -0.3 is 0 Å². The van der Waals surface area contributed by atoms with E-state index in [0.29, 0.717) is 5.56 Å². The first kappa shape index (κ1) is 16.2. The Morgan fingerprint density at radius 1 is 0.750 bits per heavy atom. The molecule has 122 valence electrons. The topological polar surface area (TPSA) is 12.9 Å². The van der Waals surface area contributed by atoms with Crippen molar-refractivity contribution in [3.8, 4) is 22.3 Å². The largest absolute Gasteiger partial charge is 0.251 e. The Kier molecular flexibility index (Phi) is 4.65.